The Kier molecular flexibility index (Phi) is 6.12. The summed E-state index contributed by atoms with van der Waals surface area (Å²) in [5, 5.41) is 12.1. The second-order valence-electron chi connectivity index (χ2n) is 7.07. The van der Waals surface area contributed by atoms with E-state index >= 15 is 0 Å². The number of hydrogen-bond acceptors (Lipinski definition) is 3. The number of para-hydroxylation sites is 1. The maximum atomic E-state index is 12.6. The van der Waals surface area contributed by atoms with E-state index in [1.807, 2.05) is 55.5 Å². The van der Waals surface area contributed by atoms with Gasteiger partial charge in [-0.05, 0) is 61.9 Å². The van der Waals surface area contributed by atoms with Gasteiger partial charge in [0.25, 0.3) is 0 Å². The normalized spacial score (nSPS) is 19.3. The van der Waals surface area contributed by atoms with Gasteiger partial charge in [0.15, 0.2) is 0 Å². The third-order valence-electron chi connectivity index (χ3n) is 5.29. The molecule has 2 N–H and O–H groups in total. The minimum atomic E-state index is -0.754. The summed E-state index contributed by atoms with van der Waals surface area (Å²) in [6.07, 6.45) is 2.38. The second-order valence-corrected chi connectivity index (χ2v) is 7.07. The lowest BCUT2D eigenvalue weighted by Crippen LogP contribution is -2.29. The van der Waals surface area contributed by atoms with Gasteiger partial charge in [-0.2, -0.15) is 0 Å². The number of anilines is 1. The Bertz CT molecular complexity index is 795. The highest BCUT2D eigenvalue weighted by Crippen LogP contribution is 2.30. The first-order chi connectivity index (χ1) is 13.0. The van der Waals surface area contributed by atoms with E-state index in [0.29, 0.717) is 32.3 Å². The molecule has 0 bridgehead atoms. The van der Waals surface area contributed by atoms with Gasteiger partial charge in [0.1, 0.15) is 12.4 Å². The largest absolute Gasteiger partial charge is 0.489 e. The van der Waals surface area contributed by atoms with Gasteiger partial charge < -0.3 is 15.2 Å². The molecular weight excluding hydrogens is 342 g/mol. The molecule has 3 rings (SSSR count). The fourth-order valence-electron chi connectivity index (χ4n) is 3.49. The lowest BCUT2D eigenvalue weighted by molar-refractivity contribution is -0.143. The molecule has 2 aromatic rings. The molecular formula is C22H25NO4. The van der Waals surface area contributed by atoms with E-state index < -0.39 is 5.97 Å². The van der Waals surface area contributed by atoms with Crippen LogP contribution in [0.25, 0.3) is 0 Å². The van der Waals surface area contributed by atoms with E-state index in [9.17, 15) is 9.59 Å². The number of hydrogen-bond donors (Lipinski definition) is 2. The lowest BCUT2D eigenvalue weighted by Gasteiger charge is -2.25. The molecule has 2 aromatic carbocycles. The number of amides is 1. The monoisotopic (exact) mass is 367 g/mol. The van der Waals surface area contributed by atoms with Crippen molar-refractivity contribution in [3.8, 4) is 5.75 Å². The van der Waals surface area contributed by atoms with Crippen molar-refractivity contribution in [2.75, 3.05) is 5.32 Å². The van der Waals surface area contributed by atoms with Crippen LogP contribution in [0, 0.1) is 18.8 Å². The van der Waals surface area contributed by atoms with E-state index in [-0.39, 0.29) is 17.7 Å². The zero-order valence-corrected chi connectivity index (χ0v) is 15.5. The van der Waals surface area contributed by atoms with E-state index in [1.165, 1.54) is 0 Å². The van der Waals surface area contributed by atoms with Crippen molar-refractivity contribution in [3.63, 3.8) is 0 Å². The Morgan fingerprint density at radius 1 is 1.00 bits per heavy atom. The Hall–Kier alpha value is -2.82. The zero-order chi connectivity index (χ0) is 19.2. The SMILES string of the molecule is Cc1c(COc2ccccc2)cccc1NC(=O)C1CCC(C(=O)O)CC1. The zero-order valence-electron chi connectivity index (χ0n) is 15.5. The number of ether oxygens (including phenoxy) is 1. The molecule has 0 unspecified atom stereocenters. The number of benzene rings is 2. The highest BCUT2D eigenvalue weighted by atomic mass is 16.5. The summed E-state index contributed by atoms with van der Waals surface area (Å²) < 4.78 is 5.82. The van der Waals surface area contributed by atoms with Gasteiger partial charge in [-0.3, -0.25) is 9.59 Å². The fourth-order valence-corrected chi connectivity index (χ4v) is 3.49. The number of carboxylic acids is 1. The van der Waals surface area contributed by atoms with Crippen LogP contribution in [0.2, 0.25) is 0 Å². The number of carbonyl (C=O) groups is 2. The molecule has 1 aliphatic rings. The quantitative estimate of drug-likeness (QED) is 0.793. The van der Waals surface area contributed by atoms with E-state index in [1.54, 1.807) is 0 Å². The molecule has 0 spiro atoms. The minimum Gasteiger partial charge on any atom is -0.489 e. The van der Waals surface area contributed by atoms with Gasteiger partial charge in [-0.15, -0.1) is 0 Å². The minimum absolute atomic E-state index is 0.0249. The summed E-state index contributed by atoms with van der Waals surface area (Å²) in [6, 6.07) is 15.4. The molecule has 1 saturated carbocycles. The summed E-state index contributed by atoms with van der Waals surface area (Å²) in [6.45, 7) is 2.41. The molecule has 142 valence electrons. The van der Waals surface area contributed by atoms with Crippen LogP contribution < -0.4 is 10.1 Å². The number of rotatable bonds is 6. The molecule has 0 aliphatic heterocycles. The molecule has 0 saturated heterocycles. The Morgan fingerprint density at radius 2 is 1.67 bits per heavy atom. The Balaban J connectivity index is 1.60. The summed E-state index contributed by atoms with van der Waals surface area (Å²) in [5.41, 5.74) is 2.79. The Morgan fingerprint density at radius 3 is 2.33 bits per heavy atom. The maximum absolute atomic E-state index is 12.6. The van der Waals surface area contributed by atoms with E-state index in [2.05, 4.69) is 5.32 Å². The van der Waals surface area contributed by atoms with Gasteiger partial charge in [-0.25, -0.2) is 0 Å². The first-order valence-corrected chi connectivity index (χ1v) is 9.34. The lowest BCUT2D eigenvalue weighted by atomic mass is 9.81. The number of carboxylic acid groups (broad SMARTS) is 1. The van der Waals surface area contributed by atoms with Crippen LogP contribution in [0.5, 0.6) is 5.75 Å². The molecule has 0 radical (unpaired) electrons. The molecule has 0 aromatic heterocycles. The summed E-state index contributed by atoms with van der Waals surface area (Å²) in [7, 11) is 0. The predicted octanol–water partition coefficient (Wildman–Crippen LogP) is 4.40. The first kappa shape index (κ1) is 19.0. The van der Waals surface area contributed by atoms with Crippen LogP contribution in [0.1, 0.15) is 36.8 Å². The third kappa shape index (κ3) is 4.88. The number of aliphatic carboxylic acids is 1. The van der Waals surface area contributed by atoms with Crippen molar-refractivity contribution in [2.45, 2.75) is 39.2 Å². The average molecular weight is 367 g/mol. The van der Waals surface area contributed by atoms with Crippen molar-refractivity contribution in [2.24, 2.45) is 11.8 Å². The molecule has 0 atom stereocenters. The fraction of sp³-hybridized carbons (Fsp3) is 0.364. The molecule has 0 heterocycles. The third-order valence-corrected chi connectivity index (χ3v) is 5.29. The van der Waals surface area contributed by atoms with Crippen LogP contribution in [0.4, 0.5) is 5.69 Å². The van der Waals surface area contributed by atoms with Crippen molar-refractivity contribution < 1.29 is 19.4 Å². The molecule has 1 fully saturated rings. The van der Waals surface area contributed by atoms with Crippen LogP contribution in [-0.4, -0.2) is 17.0 Å². The molecule has 27 heavy (non-hydrogen) atoms. The summed E-state index contributed by atoms with van der Waals surface area (Å²) in [5.74, 6) is -0.404. The highest BCUT2D eigenvalue weighted by molar-refractivity contribution is 5.93. The molecule has 1 aliphatic carbocycles. The molecule has 5 nitrogen and oxygen atoms in total. The maximum Gasteiger partial charge on any atom is 0.306 e. The summed E-state index contributed by atoms with van der Waals surface area (Å²) in [4.78, 5) is 23.7. The topological polar surface area (TPSA) is 75.6 Å². The Labute approximate surface area is 159 Å². The smallest absolute Gasteiger partial charge is 0.306 e. The van der Waals surface area contributed by atoms with Crippen molar-refractivity contribution in [3.05, 3.63) is 59.7 Å². The van der Waals surface area contributed by atoms with Gasteiger partial charge in [0.2, 0.25) is 5.91 Å². The van der Waals surface area contributed by atoms with Crippen molar-refractivity contribution in [1.29, 1.82) is 0 Å². The summed E-state index contributed by atoms with van der Waals surface area (Å²) >= 11 is 0. The molecule has 5 heteroatoms. The van der Waals surface area contributed by atoms with Crippen molar-refractivity contribution >= 4 is 17.6 Å². The second kappa shape index (κ2) is 8.71. The van der Waals surface area contributed by atoms with E-state index in [0.717, 1.165) is 22.6 Å². The van der Waals surface area contributed by atoms with Crippen molar-refractivity contribution in [1.82, 2.24) is 0 Å². The predicted molar refractivity (Wildman–Crippen MR) is 104 cm³/mol. The van der Waals surface area contributed by atoms with Gasteiger partial charge in [-0.1, -0.05) is 30.3 Å². The van der Waals surface area contributed by atoms with Crippen LogP contribution in [-0.2, 0) is 16.2 Å². The number of nitrogens with one attached hydrogen (secondary N) is 1. The number of carbonyl (C=O) groups excluding carboxylic acids is 1. The van der Waals surface area contributed by atoms with E-state index in [4.69, 9.17) is 9.84 Å². The van der Waals surface area contributed by atoms with Crippen LogP contribution in [0.15, 0.2) is 48.5 Å². The van der Waals surface area contributed by atoms with Crippen LogP contribution in [0.3, 0.4) is 0 Å². The first-order valence-electron chi connectivity index (χ1n) is 9.34. The van der Waals surface area contributed by atoms with Crippen LogP contribution >= 0.6 is 0 Å². The highest BCUT2D eigenvalue weighted by Gasteiger charge is 2.29. The molecule has 1 amide bonds. The average Bonchev–Trinajstić information content (AvgIpc) is 2.69. The van der Waals surface area contributed by atoms with Gasteiger partial charge >= 0.3 is 5.97 Å². The van der Waals surface area contributed by atoms with Gasteiger partial charge in [0, 0.05) is 11.6 Å². The standard InChI is InChI=1S/C22H25NO4/c1-15-18(14-27-19-7-3-2-4-8-19)6-5-9-20(15)23-21(24)16-10-12-17(13-11-16)22(25)26/h2-9,16-17H,10-14H2,1H3,(H,23,24)(H,25,26). The van der Waals surface area contributed by atoms with Gasteiger partial charge in [0.05, 0.1) is 5.92 Å².